The van der Waals surface area contributed by atoms with Gasteiger partial charge in [0, 0.05) is 17.2 Å². The normalized spacial score (nSPS) is 11.7. The number of hydrogen-bond acceptors (Lipinski definition) is 5. The minimum Gasteiger partial charge on any atom is -0.330 e. The fourth-order valence-corrected chi connectivity index (χ4v) is 6.24. The molecule has 0 saturated carbocycles. The third kappa shape index (κ3) is 4.55. The lowest BCUT2D eigenvalue weighted by atomic mass is 10.0. The molecule has 6 nitrogen and oxygen atoms in total. The van der Waals surface area contributed by atoms with Crippen LogP contribution in [0.1, 0.15) is 27.4 Å². The van der Waals surface area contributed by atoms with Crippen molar-refractivity contribution in [2.75, 3.05) is 0 Å². The molecule has 4 aromatic rings. The number of fused-ring (bicyclic) bond motifs is 1. The summed E-state index contributed by atoms with van der Waals surface area (Å²) in [6.07, 6.45) is 1.55. The maximum absolute atomic E-state index is 12.5. The number of hydrogen-bond donors (Lipinski definition) is 1. The van der Waals surface area contributed by atoms with Crippen LogP contribution in [0.25, 0.3) is 10.8 Å². The minimum absolute atomic E-state index is 0.0245. The topological polar surface area (TPSA) is 81.1 Å². The summed E-state index contributed by atoms with van der Waals surface area (Å²) in [6, 6.07) is 13.1. The predicted octanol–water partition coefficient (Wildman–Crippen LogP) is 5.30. The number of thiophene rings is 1. The molecule has 31 heavy (non-hydrogen) atoms. The second-order valence-corrected chi connectivity index (χ2v) is 11.5. The van der Waals surface area contributed by atoms with E-state index in [0.717, 1.165) is 37.7 Å². The third-order valence-electron chi connectivity index (χ3n) is 4.78. The summed E-state index contributed by atoms with van der Waals surface area (Å²) < 4.78 is 29.9. The number of rotatable bonds is 5. The quantitative estimate of drug-likeness (QED) is 0.374. The fraction of sp³-hybridized carbons (Fsp3) is 0.143. The first kappa shape index (κ1) is 22.0. The van der Waals surface area contributed by atoms with Crippen LogP contribution in [0.2, 0.25) is 4.34 Å². The van der Waals surface area contributed by atoms with Gasteiger partial charge in [-0.2, -0.15) is 0 Å². The molecule has 2 aromatic heterocycles. The summed E-state index contributed by atoms with van der Waals surface area (Å²) >= 11 is 10.4. The van der Waals surface area contributed by atoms with Crippen molar-refractivity contribution >= 4 is 65.6 Å². The highest BCUT2D eigenvalue weighted by molar-refractivity contribution is 9.10. The predicted molar refractivity (Wildman–Crippen MR) is 126 cm³/mol. The number of aromatic nitrogens is 2. The van der Waals surface area contributed by atoms with Gasteiger partial charge in [0.1, 0.15) is 15.7 Å². The lowest BCUT2D eigenvalue weighted by Gasteiger charge is -2.10. The molecule has 2 aromatic carbocycles. The number of halogens is 2. The number of nitrogens with one attached hydrogen (secondary N) is 1. The summed E-state index contributed by atoms with van der Waals surface area (Å²) in [6.45, 7) is 4.29. The standard InChI is InChI=1S/C21H17BrClN3O3S2/c1-12-3-4-14-5-6-15(20(22)16(14)9-12)10-26-11-17(24-13(26)2)21(27)25-31(28,29)19-8-7-18(23)30-19/h3-9,11H,10H2,1-2H3,(H,25,27). The molecular weight excluding hydrogens is 522 g/mol. The van der Waals surface area contributed by atoms with Crippen LogP contribution in [0, 0.1) is 13.8 Å². The Morgan fingerprint density at radius 1 is 1.19 bits per heavy atom. The van der Waals surface area contributed by atoms with Gasteiger partial charge in [-0.15, -0.1) is 11.3 Å². The van der Waals surface area contributed by atoms with Gasteiger partial charge in [0.25, 0.3) is 15.9 Å². The Morgan fingerprint density at radius 2 is 1.94 bits per heavy atom. The van der Waals surface area contributed by atoms with Crippen molar-refractivity contribution in [3.8, 4) is 0 Å². The number of imidazole rings is 1. The van der Waals surface area contributed by atoms with Crippen molar-refractivity contribution in [1.82, 2.24) is 14.3 Å². The first-order valence-corrected chi connectivity index (χ1v) is 12.6. The molecule has 1 N–H and O–H groups in total. The van der Waals surface area contributed by atoms with Crippen molar-refractivity contribution in [2.24, 2.45) is 0 Å². The molecule has 10 heteroatoms. The van der Waals surface area contributed by atoms with Gasteiger partial charge in [0.2, 0.25) is 0 Å². The van der Waals surface area contributed by atoms with E-state index < -0.39 is 15.9 Å². The zero-order valence-corrected chi connectivity index (χ0v) is 20.5. The number of benzene rings is 2. The fourth-order valence-electron chi connectivity index (χ4n) is 3.19. The summed E-state index contributed by atoms with van der Waals surface area (Å²) in [5.74, 6) is -0.197. The molecule has 4 rings (SSSR count). The second-order valence-electron chi connectivity index (χ2n) is 7.06. The highest BCUT2D eigenvalue weighted by atomic mass is 79.9. The Bertz CT molecular complexity index is 1430. The van der Waals surface area contributed by atoms with Gasteiger partial charge in [0.05, 0.1) is 4.34 Å². The SMILES string of the molecule is Cc1ccc2ccc(Cn3cc(C(=O)NS(=O)(=O)c4ccc(Cl)s4)nc3C)c(Br)c2c1. The monoisotopic (exact) mass is 537 g/mol. The number of nitrogens with zero attached hydrogens (tertiary/aromatic N) is 2. The molecule has 0 saturated heterocycles. The maximum atomic E-state index is 12.5. The molecule has 0 bridgehead atoms. The van der Waals surface area contributed by atoms with Gasteiger partial charge < -0.3 is 4.57 Å². The van der Waals surface area contributed by atoms with Gasteiger partial charge in [-0.05, 0) is 58.2 Å². The van der Waals surface area contributed by atoms with Crippen molar-refractivity contribution in [2.45, 2.75) is 24.6 Å². The lowest BCUT2D eigenvalue weighted by molar-refractivity contribution is 0.0977. The molecule has 1 amide bonds. The number of carbonyl (C=O) groups excluding carboxylic acids is 1. The number of carbonyl (C=O) groups is 1. The Hall–Kier alpha value is -2.20. The largest absolute Gasteiger partial charge is 0.330 e. The van der Waals surface area contributed by atoms with E-state index in [1.807, 2.05) is 28.3 Å². The first-order chi connectivity index (χ1) is 14.6. The van der Waals surface area contributed by atoms with E-state index in [-0.39, 0.29) is 9.90 Å². The van der Waals surface area contributed by atoms with Crippen LogP contribution < -0.4 is 4.72 Å². The highest BCUT2D eigenvalue weighted by Crippen LogP contribution is 2.30. The van der Waals surface area contributed by atoms with E-state index >= 15 is 0 Å². The van der Waals surface area contributed by atoms with Crippen LogP contribution in [0.15, 0.2) is 57.3 Å². The molecule has 160 valence electrons. The van der Waals surface area contributed by atoms with Crippen LogP contribution in [-0.2, 0) is 16.6 Å². The average Bonchev–Trinajstić information content (AvgIpc) is 3.31. The van der Waals surface area contributed by atoms with Gasteiger partial charge in [0.15, 0.2) is 0 Å². The van der Waals surface area contributed by atoms with Crippen LogP contribution in [-0.4, -0.2) is 23.9 Å². The lowest BCUT2D eigenvalue weighted by Crippen LogP contribution is -2.30. The Morgan fingerprint density at radius 3 is 2.65 bits per heavy atom. The van der Waals surface area contributed by atoms with E-state index in [0.29, 0.717) is 16.7 Å². The van der Waals surface area contributed by atoms with Crippen molar-refractivity contribution in [3.63, 3.8) is 0 Å². The zero-order chi connectivity index (χ0) is 22.3. The minimum atomic E-state index is -4.01. The smallest absolute Gasteiger partial charge is 0.285 e. The molecular formula is C21H17BrClN3O3S2. The van der Waals surface area contributed by atoms with E-state index in [9.17, 15) is 13.2 Å². The van der Waals surface area contributed by atoms with Crippen LogP contribution in [0.5, 0.6) is 0 Å². The van der Waals surface area contributed by atoms with Gasteiger partial charge in [-0.3, -0.25) is 4.79 Å². The maximum Gasteiger partial charge on any atom is 0.285 e. The summed E-state index contributed by atoms with van der Waals surface area (Å²) in [7, 11) is -4.01. The first-order valence-electron chi connectivity index (χ1n) is 9.18. The number of amides is 1. The summed E-state index contributed by atoms with van der Waals surface area (Å²) in [5, 5.41) is 2.23. The molecule has 0 spiro atoms. The van der Waals surface area contributed by atoms with Gasteiger partial charge >= 0.3 is 0 Å². The van der Waals surface area contributed by atoms with Crippen LogP contribution >= 0.6 is 38.9 Å². The van der Waals surface area contributed by atoms with E-state index in [1.54, 1.807) is 13.1 Å². The van der Waals surface area contributed by atoms with E-state index in [4.69, 9.17) is 11.6 Å². The van der Waals surface area contributed by atoms with E-state index in [1.165, 1.54) is 12.1 Å². The molecule has 0 aliphatic heterocycles. The van der Waals surface area contributed by atoms with E-state index in [2.05, 4.69) is 39.1 Å². The molecule has 0 radical (unpaired) electrons. The zero-order valence-electron chi connectivity index (χ0n) is 16.5. The van der Waals surface area contributed by atoms with Crippen molar-refractivity contribution in [3.05, 3.63) is 80.1 Å². The molecule has 0 atom stereocenters. The second kappa shape index (κ2) is 8.38. The van der Waals surface area contributed by atoms with Gasteiger partial charge in [-0.1, -0.05) is 47.5 Å². The Kier molecular flexibility index (Phi) is 5.95. The highest BCUT2D eigenvalue weighted by Gasteiger charge is 2.23. The van der Waals surface area contributed by atoms with Crippen LogP contribution in [0.4, 0.5) is 0 Å². The number of aryl methyl sites for hydroxylation is 2. The number of sulfonamides is 1. The van der Waals surface area contributed by atoms with Crippen molar-refractivity contribution in [1.29, 1.82) is 0 Å². The molecule has 0 aliphatic carbocycles. The summed E-state index contributed by atoms with van der Waals surface area (Å²) in [5.41, 5.74) is 2.21. The Labute approximate surface area is 197 Å². The molecule has 0 aliphatic rings. The molecule has 0 unspecified atom stereocenters. The molecule has 2 heterocycles. The average molecular weight is 539 g/mol. The Balaban J connectivity index is 1.59. The summed E-state index contributed by atoms with van der Waals surface area (Å²) in [4.78, 5) is 16.8. The van der Waals surface area contributed by atoms with Crippen molar-refractivity contribution < 1.29 is 13.2 Å². The third-order valence-corrected chi connectivity index (χ3v) is 8.77. The van der Waals surface area contributed by atoms with Gasteiger partial charge in [-0.25, -0.2) is 18.1 Å². The molecule has 0 fully saturated rings. The van der Waals surface area contributed by atoms with Crippen LogP contribution in [0.3, 0.4) is 0 Å².